The van der Waals surface area contributed by atoms with Gasteiger partial charge in [-0.05, 0) is 25.5 Å². The summed E-state index contributed by atoms with van der Waals surface area (Å²) in [6.07, 6.45) is 0. The normalized spacial score (nSPS) is 18.4. The molecule has 0 saturated carbocycles. The largest absolute Gasteiger partial charge is 0.504 e. The number of fused-ring (bicyclic) bond motifs is 2. The molecule has 2 aliphatic heterocycles. The Kier molecular flexibility index (Phi) is 8.71. The van der Waals surface area contributed by atoms with Gasteiger partial charge < -0.3 is 36.3 Å². The molecule has 0 unspecified atom stereocenters. The molecule has 0 spiro atoms. The maximum atomic E-state index is 13.3. The fourth-order valence-electron chi connectivity index (χ4n) is 4.19. The molecule has 0 aliphatic carbocycles. The molecule has 15 nitrogen and oxygen atoms in total. The van der Waals surface area contributed by atoms with Crippen LogP contribution in [0.5, 0.6) is 11.5 Å². The number of carbonyl (C=O) groups is 4. The first-order valence-corrected chi connectivity index (χ1v) is 16.5. The summed E-state index contributed by atoms with van der Waals surface area (Å²) in [6, 6.07) is 2.67. The Balaban J connectivity index is 1.34. The molecule has 45 heavy (non-hydrogen) atoms. The second-order valence-corrected chi connectivity index (χ2v) is 14.4. The maximum absolute atomic E-state index is 13.3. The van der Waals surface area contributed by atoms with Gasteiger partial charge in [0.2, 0.25) is 5.60 Å². The van der Waals surface area contributed by atoms with Gasteiger partial charge in [-0.25, -0.2) is 14.6 Å². The van der Waals surface area contributed by atoms with E-state index in [2.05, 4.69) is 15.5 Å². The lowest BCUT2D eigenvalue weighted by molar-refractivity contribution is -0.161. The number of aromatic hydroxyl groups is 2. The number of rotatable bonds is 10. The van der Waals surface area contributed by atoms with E-state index < -0.39 is 52.2 Å². The van der Waals surface area contributed by atoms with Crippen LogP contribution in [0.3, 0.4) is 0 Å². The smallest absolute Gasteiger partial charge is 0.352 e. The second kappa shape index (κ2) is 12.2. The highest BCUT2D eigenvalue weighted by molar-refractivity contribution is 8.02. The number of hydrogen-bond donors (Lipinski definition) is 6. The number of aliphatic carboxylic acids is 2. The molecule has 0 radical (unpaired) electrons. The van der Waals surface area contributed by atoms with Crippen LogP contribution in [0.4, 0.5) is 5.13 Å². The number of β-lactam (4-membered cyclic amide) rings is 1. The quantitative estimate of drug-likeness (QED) is 0.0584. The third-order valence-electron chi connectivity index (χ3n) is 6.59. The molecule has 0 bridgehead atoms. The number of nitrogens with zero attached hydrogens (tertiary/aromatic N) is 3. The summed E-state index contributed by atoms with van der Waals surface area (Å²) in [6.45, 7) is 2.45. The van der Waals surface area contributed by atoms with Crippen molar-refractivity contribution < 1.29 is 44.4 Å². The van der Waals surface area contributed by atoms with Crippen molar-refractivity contribution in [3.8, 4) is 11.5 Å². The van der Waals surface area contributed by atoms with E-state index in [1.807, 2.05) is 0 Å². The van der Waals surface area contributed by atoms with E-state index in [0.717, 1.165) is 16.2 Å². The maximum Gasteiger partial charge on any atom is 0.352 e. The fraction of sp³-hybridized carbons (Fsp3) is 0.269. The zero-order valence-corrected chi connectivity index (χ0v) is 26.4. The number of carboxylic acids is 2. The Morgan fingerprint density at radius 3 is 2.56 bits per heavy atom. The van der Waals surface area contributed by atoms with Crippen molar-refractivity contribution in [3.63, 3.8) is 0 Å². The summed E-state index contributed by atoms with van der Waals surface area (Å²) in [5.74, 6) is -4.75. The molecule has 2 atom stereocenters. The summed E-state index contributed by atoms with van der Waals surface area (Å²) in [7, 11) is 0. The SMILES string of the molecule is CC(C)(O/N=C(/C(=O)N[C@@H]1C(=O)N2C(C(=O)O)=C(CSc3cc(=O)c4cc(O)c(O)cc4s3)CS[C@H]12)c1csc(N)n1)C(=O)O. The number of hydrogen-bond acceptors (Lipinski definition) is 15. The molecule has 4 heterocycles. The van der Waals surface area contributed by atoms with Gasteiger partial charge in [0, 0.05) is 39.1 Å². The van der Waals surface area contributed by atoms with Crippen LogP contribution in [-0.4, -0.2) is 88.3 Å². The van der Waals surface area contributed by atoms with Gasteiger partial charge in [0.05, 0.1) is 4.21 Å². The Bertz CT molecular complexity index is 1880. The van der Waals surface area contributed by atoms with Gasteiger partial charge in [-0.2, -0.15) is 0 Å². The Morgan fingerprint density at radius 1 is 1.20 bits per heavy atom. The van der Waals surface area contributed by atoms with Crippen LogP contribution in [0, 0.1) is 0 Å². The number of thioether (sulfide) groups is 2. The summed E-state index contributed by atoms with van der Waals surface area (Å²) >= 11 is 4.59. The number of nitrogens with two attached hydrogens (primary N) is 1. The van der Waals surface area contributed by atoms with Gasteiger partial charge in [-0.15, -0.1) is 46.2 Å². The number of aromatic nitrogens is 1. The van der Waals surface area contributed by atoms with Gasteiger partial charge in [0.15, 0.2) is 27.8 Å². The first-order chi connectivity index (χ1) is 21.2. The molecule has 3 aromatic rings. The summed E-state index contributed by atoms with van der Waals surface area (Å²) in [4.78, 5) is 73.0. The molecule has 1 saturated heterocycles. The van der Waals surface area contributed by atoms with Crippen LogP contribution in [0.1, 0.15) is 19.5 Å². The van der Waals surface area contributed by atoms with E-state index in [4.69, 9.17) is 10.6 Å². The first kappa shape index (κ1) is 32.1. The Morgan fingerprint density at radius 2 is 1.91 bits per heavy atom. The number of oxime groups is 1. The standard InChI is InChI=1S/C26H23N5O10S4/c1-26(2,24(39)40)41-30-17(11-8-44-25(27)28-11)20(35)29-18-21(36)31-19(23(37)38)9(7-43-22(18)31)6-42-16-5-12(32)10-3-13(33)14(34)4-15(10)45-16/h3-5,8,18,22,33-34H,6-7H2,1-2H3,(H2,27,28)(H,29,35)(H,37,38)(H,39,40)/b30-17+/t18-,22-/m1/s1. The minimum atomic E-state index is -1.79. The molecule has 7 N–H and O–H groups in total. The summed E-state index contributed by atoms with van der Waals surface area (Å²) in [5, 5.41) is 46.1. The van der Waals surface area contributed by atoms with Crippen LogP contribution in [-0.2, 0) is 24.0 Å². The Hall–Kier alpha value is -4.33. The van der Waals surface area contributed by atoms with Crippen LogP contribution in [0.25, 0.3) is 10.1 Å². The monoisotopic (exact) mass is 693 g/mol. The highest BCUT2D eigenvalue weighted by Gasteiger charge is 2.54. The number of phenols is 2. The van der Waals surface area contributed by atoms with Crippen LogP contribution in [0.2, 0.25) is 0 Å². The van der Waals surface area contributed by atoms with E-state index in [0.29, 0.717) is 14.5 Å². The molecule has 19 heteroatoms. The number of thiazole rings is 1. The number of nitrogen functional groups attached to an aromatic ring is 1. The fourth-order valence-corrected chi connectivity index (χ4v) is 8.46. The highest BCUT2D eigenvalue weighted by atomic mass is 32.2. The number of carbonyl (C=O) groups excluding carboxylic acids is 2. The highest BCUT2D eigenvalue weighted by Crippen LogP contribution is 2.42. The van der Waals surface area contributed by atoms with Crippen molar-refractivity contribution in [1.29, 1.82) is 0 Å². The van der Waals surface area contributed by atoms with Crippen LogP contribution < -0.4 is 16.5 Å². The number of amides is 2. The average molecular weight is 694 g/mol. The third kappa shape index (κ3) is 6.28. The lowest BCUT2D eigenvalue weighted by atomic mass is 10.0. The molecule has 2 aromatic heterocycles. The molecule has 236 valence electrons. The molecule has 2 amide bonds. The molecular weight excluding hydrogens is 671 g/mol. The minimum Gasteiger partial charge on any atom is -0.504 e. The van der Waals surface area contributed by atoms with Crippen molar-refractivity contribution in [3.05, 3.63) is 50.8 Å². The predicted octanol–water partition coefficient (Wildman–Crippen LogP) is 1.83. The zero-order chi connectivity index (χ0) is 32.8. The van der Waals surface area contributed by atoms with Gasteiger partial charge >= 0.3 is 11.9 Å². The lowest BCUT2D eigenvalue weighted by Crippen LogP contribution is -2.71. The van der Waals surface area contributed by atoms with Crippen LogP contribution >= 0.6 is 46.2 Å². The zero-order valence-electron chi connectivity index (χ0n) is 23.2. The van der Waals surface area contributed by atoms with E-state index in [-0.39, 0.29) is 44.6 Å². The average Bonchev–Trinajstić information content (AvgIpc) is 3.40. The van der Waals surface area contributed by atoms with Crippen molar-refractivity contribution in [2.45, 2.75) is 35.1 Å². The number of anilines is 1. The predicted molar refractivity (Wildman–Crippen MR) is 168 cm³/mol. The van der Waals surface area contributed by atoms with Crippen molar-refractivity contribution >= 4 is 90.9 Å². The van der Waals surface area contributed by atoms with Crippen molar-refractivity contribution in [2.24, 2.45) is 5.16 Å². The molecule has 2 aliphatic rings. The topological polar surface area (TPSA) is 242 Å². The first-order valence-electron chi connectivity index (χ1n) is 12.7. The number of carboxylic acid groups (broad SMARTS) is 2. The molecular formula is C26H23N5O10S4. The van der Waals surface area contributed by atoms with Crippen LogP contribution in [0.15, 0.2) is 49.0 Å². The number of nitrogens with one attached hydrogen (secondary N) is 1. The number of benzene rings is 1. The van der Waals surface area contributed by atoms with Gasteiger partial charge in [-0.3, -0.25) is 19.3 Å². The second-order valence-electron chi connectivity index (χ2n) is 10.1. The third-order valence-corrected chi connectivity index (χ3v) is 11.0. The minimum absolute atomic E-state index is 0.00967. The molecule has 1 fully saturated rings. The van der Waals surface area contributed by atoms with Gasteiger partial charge in [0.1, 0.15) is 22.8 Å². The van der Waals surface area contributed by atoms with Crippen molar-refractivity contribution in [2.75, 3.05) is 17.2 Å². The molecule has 1 aromatic carbocycles. The van der Waals surface area contributed by atoms with E-state index in [1.165, 1.54) is 72.3 Å². The Labute approximate surface area is 269 Å². The van der Waals surface area contributed by atoms with Crippen molar-refractivity contribution in [1.82, 2.24) is 15.2 Å². The lowest BCUT2D eigenvalue weighted by Gasteiger charge is -2.49. The number of phenolic OH excluding ortho intramolecular Hbond substituents is 2. The van der Waals surface area contributed by atoms with Gasteiger partial charge in [-0.1, -0.05) is 5.16 Å². The van der Waals surface area contributed by atoms with E-state index >= 15 is 0 Å². The van der Waals surface area contributed by atoms with Gasteiger partial charge in [0.25, 0.3) is 11.8 Å². The molecule has 5 rings (SSSR count). The summed E-state index contributed by atoms with van der Waals surface area (Å²) in [5.41, 5.74) is 3.26. The summed E-state index contributed by atoms with van der Waals surface area (Å²) < 4.78 is 0.965. The van der Waals surface area contributed by atoms with E-state index in [9.17, 15) is 44.4 Å². The van der Waals surface area contributed by atoms with E-state index in [1.54, 1.807) is 0 Å².